The second kappa shape index (κ2) is 16.4. The molecular weight excluding hydrogens is 582 g/mol. The van der Waals surface area contributed by atoms with Crippen LogP contribution in [0.25, 0.3) is 0 Å². The van der Waals surface area contributed by atoms with Crippen molar-refractivity contribution in [2.24, 2.45) is 0 Å². The highest BCUT2D eigenvalue weighted by Crippen LogP contribution is 2.22. The molecule has 0 aliphatic rings. The van der Waals surface area contributed by atoms with E-state index < -0.39 is 41.5 Å². The molecule has 0 bridgehead atoms. The number of amides is 2. The fourth-order valence-corrected chi connectivity index (χ4v) is 5.43. The molecule has 9 nitrogen and oxygen atoms in total. The second-order valence-corrected chi connectivity index (χ2v) is 13.7. The van der Waals surface area contributed by atoms with Gasteiger partial charge in [-0.05, 0) is 64.7 Å². The third-order valence-electron chi connectivity index (χ3n) is 7.42. The smallest absolute Gasteiger partial charge is 0.408 e. The number of nitrogens with one attached hydrogen (secondary N) is 1. The average Bonchev–Trinajstić information content (AvgIpc) is 2.96. The number of aliphatic hydroxyl groups excluding tert-OH is 1. The number of aliphatic hydroxyl groups is 1. The number of carbonyl (C=O) groups is 3. The molecule has 0 radical (unpaired) electrons. The Bertz CT molecular complexity index is 1390. The number of hydrogen-bond acceptors (Lipinski definition) is 6. The third kappa shape index (κ3) is 11.9. The summed E-state index contributed by atoms with van der Waals surface area (Å²) < 4.78 is 5.50. The van der Waals surface area contributed by atoms with E-state index in [0.29, 0.717) is 13.0 Å². The van der Waals surface area contributed by atoms with Crippen LogP contribution in [-0.2, 0) is 28.9 Å². The molecule has 3 N–H and O–H groups in total. The summed E-state index contributed by atoms with van der Waals surface area (Å²) in [5.41, 5.74) is 1.11. The van der Waals surface area contributed by atoms with E-state index >= 15 is 0 Å². The van der Waals surface area contributed by atoms with Crippen molar-refractivity contribution in [3.05, 3.63) is 108 Å². The van der Waals surface area contributed by atoms with E-state index in [-0.39, 0.29) is 25.3 Å². The molecule has 9 heteroatoms. The van der Waals surface area contributed by atoms with Gasteiger partial charge in [-0.25, -0.2) is 9.59 Å². The fraction of sp³-hybridized carbons (Fsp3) is 0.432. The molecule has 3 atom stereocenters. The summed E-state index contributed by atoms with van der Waals surface area (Å²) in [5, 5.41) is 24.8. The van der Waals surface area contributed by atoms with Crippen molar-refractivity contribution < 1.29 is 29.3 Å². The summed E-state index contributed by atoms with van der Waals surface area (Å²) in [5.74, 6) is -0.288. The Balaban J connectivity index is 1.93. The maximum Gasteiger partial charge on any atom is 0.408 e. The summed E-state index contributed by atoms with van der Waals surface area (Å²) in [6.07, 6.45) is -2.37. The van der Waals surface area contributed by atoms with E-state index in [0.717, 1.165) is 16.7 Å². The number of carboxylic acid groups (broad SMARTS) is 1. The van der Waals surface area contributed by atoms with Crippen molar-refractivity contribution in [1.82, 2.24) is 15.1 Å². The van der Waals surface area contributed by atoms with Gasteiger partial charge >= 0.3 is 12.2 Å². The molecular formula is C37H49N3O6. The van der Waals surface area contributed by atoms with Gasteiger partial charge in [-0.15, -0.1) is 0 Å². The number of carbonyl (C=O) groups excluding carboxylic acids is 2. The Hall–Kier alpha value is -4.21. The number of benzene rings is 3. The van der Waals surface area contributed by atoms with E-state index in [1.807, 2.05) is 95.9 Å². The SMILES string of the molecule is CC(C)(C)OC(=O)N[C@@H](Cc1ccccc1)C(O)CN(CC(=O)[C@H](Cc1ccccc1)N(C(=O)O)C(C)(C)C)Cc1ccccc1. The zero-order valence-corrected chi connectivity index (χ0v) is 27.8. The minimum Gasteiger partial charge on any atom is -0.465 e. The molecule has 0 aromatic heterocycles. The Morgan fingerprint density at radius 2 is 1.24 bits per heavy atom. The summed E-state index contributed by atoms with van der Waals surface area (Å²) >= 11 is 0. The average molecular weight is 632 g/mol. The van der Waals surface area contributed by atoms with Gasteiger partial charge in [0.25, 0.3) is 0 Å². The zero-order chi connectivity index (χ0) is 33.9. The van der Waals surface area contributed by atoms with Crippen molar-refractivity contribution in [1.29, 1.82) is 0 Å². The summed E-state index contributed by atoms with van der Waals surface area (Å²) in [7, 11) is 0. The Morgan fingerprint density at radius 3 is 1.70 bits per heavy atom. The number of nitrogens with zero attached hydrogens (tertiary/aromatic N) is 2. The Kier molecular flexibility index (Phi) is 12.9. The number of ether oxygens (including phenoxy) is 1. The normalized spacial score (nSPS) is 13.8. The number of hydrogen-bond donors (Lipinski definition) is 3. The van der Waals surface area contributed by atoms with E-state index in [1.54, 1.807) is 41.5 Å². The number of Topliss-reactive ketones (excluding diaryl/α,β-unsaturated/α-hetero) is 1. The van der Waals surface area contributed by atoms with Gasteiger partial charge in [-0.2, -0.15) is 0 Å². The highest BCUT2D eigenvalue weighted by atomic mass is 16.6. The van der Waals surface area contributed by atoms with Crippen LogP contribution in [0.4, 0.5) is 9.59 Å². The largest absolute Gasteiger partial charge is 0.465 e. The van der Waals surface area contributed by atoms with Gasteiger partial charge in [0, 0.05) is 25.0 Å². The predicted molar refractivity (Wildman–Crippen MR) is 180 cm³/mol. The lowest BCUT2D eigenvalue weighted by molar-refractivity contribution is -0.127. The summed E-state index contributed by atoms with van der Waals surface area (Å²) in [6, 6.07) is 26.8. The first kappa shape index (κ1) is 36.3. The van der Waals surface area contributed by atoms with Crippen LogP contribution in [0, 0.1) is 0 Å². The van der Waals surface area contributed by atoms with Crippen LogP contribution in [-0.4, -0.2) is 80.4 Å². The highest BCUT2D eigenvalue weighted by Gasteiger charge is 2.38. The van der Waals surface area contributed by atoms with Crippen LogP contribution in [0.5, 0.6) is 0 Å². The minimum atomic E-state index is -1.18. The Labute approximate surface area is 273 Å². The molecule has 0 spiro atoms. The maximum absolute atomic E-state index is 14.2. The van der Waals surface area contributed by atoms with Crippen molar-refractivity contribution in [2.45, 2.75) is 90.3 Å². The highest BCUT2D eigenvalue weighted by molar-refractivity contribution is 5.89. The quantitative estimate of drug-likeness (QED) is 0.201. The van der Waals surface area contributed by atoms with Gasteiger partial charge in [0.15, 0.2) is 5.78 Å². The van der Waals surface area contributed by atoms with Gasteiger partial charge in [-0.3, -0.25) is 14.6 Å². The molecule has 0 aliphatic carbocycles. The zero-order valence-electron chi connectivity index (χ0n) is 27.8. The molecule has 46 heavy (non-hydrogen) atoms. The molecule has 0 aliphatic heterocycles. The molecule has 3 aromatic rings. The lowest BCUT2D eigenvalue weighted by Crippen LogP contribution is -2.57. The maximum atomic E-state index is 14.2. The lowest BCUT2D eigenvalue weighted by atomic mass is 9.95. The lowest BCUT2D eigenvalue weighted by Gasteiger charge is -2.40. The monoisotopic (exact) mass is 631 g/mol. The second-order valence-electron chi connectivity index (χ2n) is 13.7. The van der Waals surface area contributed by atoms with Crippen LogP contribution in [0.15, 0.2) is 91.0 Å². The molecule has 2 amide bonds. The van der Waals surface area contributed by atoms with E-state index in [9.17, 15) is 24.6 Å². The first-order valence-corrected chi connectivity index (χ1v) is 15.7. The molecule has 0 saturated heterocycles. The van der Waals surface area contributed by atoms with Crippen molar-refractivity contribution in [3.63, 3.8) is 0 Å². The van der Waals surface area contributed by atoms with Gasteiger partial charge in [-0.1, -0.05) is 91.0 Å². The molecule has 0 heterocycles. The third-order valence-corrected chi connectivity index (χ3v) is 7.42. The molecule has 1 unspecified atom stereocenters. The first-order chi connectivity index (χ1) is 21.6. The van der Waals surface area contributed by atoms with Gasteiger partial charge in [0.05, 0.1) is 24.7 Å². The van der Waals surface area contributed by atoms with Crippen LogP contribution in [0.3, 0.4) is 0 Å². The first-order valence-electron chi connectivity index (χ1n) is 15.7. The van der Waals surface area contributed by atoms with Gasteiger partial charge in [0.2, 0.25) is 0 Å². The van der Waals surface area contributed by atoms with Crippen LogP contribution >= 0.6 is 0 Å². The summed E-state index contributed by atoms with van der Waals surface area (Å²) in [4.78, 5) is 42.7. The number of rotatable bonds is 14. The van der Waals surface area contributed by atoms with Gasteiger partial charge < -0.3 is 20.3 Å². The molecule has 248 valence electrons. The molecule has 0 saturated carbocycles. The predicted octanol–water partition coefficient (Wildman–Crippen LogP) is 5.94. The molecule has 3 rings (SSSR count). The van der Waals surface area contributed by atoms with Crippen LogP contribution < -0.4 is 5.32 Å². The van der Waals surface area contributed by atoms with Crippen molar-refractivity contribution >= 4 is 18.0 Å². The van der Waals surface area contributed by atoms with E-state index in [4.69, 9.17) is 4.74 Å². The topological polar surface area (TPSA) is 119 Å². The standard InChI is InChI=1S/C37H49N3O6/c1-36(2,3)40(35(44)45)31(23-28-18-12-8-13-19-28)33(42)26-39(24-29-20-14-9-15-21-29)25-32(41)30(22-27-16-10-7-11-17-27)38-34(43)46-37(4,5)6/h7-21,30-32,41H,22-26H2,1-6H3,(H,38,43)(H,44,45)/t30-,31-,32?/m0/s1. The number of alkyl carbamates (subject to hydrolysis) is 1. The van der Waals surface area contributed by atoms with Crippen molar-refractivity contribution in [3.8, 4) is 0 Å². The van der Waals surface area contributed by atoms with Crippen LogP contribution in [0.2, 0.25) is 0 Å². The van der Waals surface area contributed by atoms with Crippen LogP contribution in [0.1, 0.15) is 58.2 Å². The Morgan fingerprint density at radius 1 is 0.761 bits per heavy atom. The molecule has 0 fully saturated rings. The summed E-state index contributed by atoms with van der Waals surface area (Å²) in [6.45, 7) is 10.9. The molecule has 3 aromatic carbocycles. The van der Waals surface area contributed by atoms with E-state index in [2.05, 4.69) is 5.32 Å². The van der Waals surface area contributed by atoms with Crippen molar-refractivity contribution in [2.75, 3.05) is 13.1 Å². The fourth-order valence-electron chi connectivity index (χ4n) is 5.43. The minimum absolute atomic E-state index is 0.0363. The number of ketones is 1. The van der Waals surface area contributed by atoms with Gasteiger partial charge in [0.1, 0.15) is 5.60 Å². The van der Waals surface area contributed by atoms with E-state index in [1.165, 1.54) is 4.90 Å².